The average molecular weight is 153 g/mol. The summed E-state index contributed by atoms with van der Waals surface area (Å²) in [5, 5.41) is 8.87. The molecule has 1 rings (SSSR count). The highest BCUT2D eigenvalue weighted by Crippen LogP contribution is 2.15. The lowest BCUT2D eigenvalue weighted by Crippen LogP contribution is -1.86. The second kappa shape index (κ2) is 2.88. The number of H-pyrrole nitrogens is 1. The molecule has 1 aromatic rings. The van der Waals surface area contributed by atoms with Crippen molar-refractivity contribution in [2.24, 2.45) is 0 Å². The molecule has 0 saturated heterocycles. The first-order valence-corrected chi connectivity index (χ1v) is 3.44. The van der Waals surface area contributed by atoms with Crippen molar-refractivity contribution in [3.8, 4) is 0 Å². The van der Waals surface area contributed by atoms with E-state index in [0.29, 0.717) is 5.69 Å². The van der Waals surface area contributed by atoms with E-state index >= 15 is 0 Å². The van der Waals surface area contributed by atoms with Crippen LogP contribution < -0.4 is 0 Å². The molecule has 1 aromatic heterocycles. The lowest BCUT2D eigenvalue weighted by molar-refractivity contribution is 0.111. The van der Waals surface area contributed by atoms with E-state index in [1.54, 1.807) is 0 Å². The molecular weight excluding hydrogens is 142 g/mol. The molecule has 0 amide bonds. The molecule has 0 saturated carbocycles. The van der Waals surface area contributed by atoms with Crippen LogP contribution in [0, 0.1) is 13.8 Å². The lowest BCUT2D eigenvalue weighted by atomic mass is 10.1. The fourth-order valence-electron chi connectivity index (χ4n) is 1.17. The smallest absolute Gasteiger partial charge is 0.166 e. The van der Waals surface area contributed by atoms with Gasteiger partial charge in [0, 0.05) is 11.3 Å². The van der Waals surface area contributed by atoms with Crippen LogP contribution in [0.25, 0.3) is 0 Å². The Kier molecular flexibility index (Phi) is 2.10. The van der Waals surface area contributed by atoms with E-state index in [-0.39, 0.29) is 6.61 Å². The number of aryl methyl sites for hydroxylation is 1. The number of aromatic amines is 1. The van der Waals surface area contributed by atoms with Crippen LogP contribution in [0.5, 0.6) is 0 Å². The Morgan fingerprint density at radius 1 is 1.55 bits per heavy atom. The minimum atomic E-state index is -0.0119. The molecule has 1 heterocycles. The fourth-order valence-corrected chi connectivity index (χ4v) is 1.17. The van der Waals surface area contributed by atoms with Gasteiger partial charge in [-0.3, -0.25) is 4.79 Å². The zero-order valence-electron chi connectivity index (χ0n) is 6.64. The van der Waals surface area contributed by atoms with Crippen LogP contribution in [0.3, 0.4) is 0 Å². The molecule has 0 aliphatic heterocycles. The van der Waals surface area contributed by atoms with E-state index in [1.807, 2.05) is 13.8 Å². The first-order chi connectivity index (χ1) is 5.20. The Hall–Kier alpha value is -1.09. The van der Waals surface area contributed by atoms with Crippen molar-refractivity contribution in [3.63, 3.8) is 0 Å². The second-order valence-electron chi connectivity index (χ2n) is 2.54. The van der Waals surface area contributed by atoms with Gasteiger partial charge >= 0.3 is 0 Å². The Morgan fingerprint density at radius 3 is 2.45 bits per heavy atom. The molecule has 0 aliphatic rings. The van der Waals surface area contributed by atoms with Crippen LogP contribution in [0.1, 0.15) is 27.3 Å². The van der Waals surface area contributed by atoms with E-state index in [1.165, 1.54) is 0 Å². The summed E-state index contributed by atoms with van der Waals surface area (Å²) in [6.07, 6.45) is 0.765. The maximum Gasteiger partial charge on any atom is 0.166 e. The summed E-state index contributed by atoms with van der Waals surface area (Å²) in [5.41, 5.74) is 3.10. The molecule has 3 nitrogen and oxygen atoms in total. The molecule has 0 spiro atoms. The van der Waals surface area contributed by atoms with Crippen LogP contribution in [0.2, 0.25) is 0 Å². The maximum atomic E-state index is 10.4. The summed E-state index contributed by atoms with van der Waals surface area (Å²) in [6, 6.07) is 0. The maximum absolute atomic E-state index is 10.4. The number of nitrogens with one attached hydrogen (secondary N) is 1. The zero-order valence-corrected chi connectivity index (χ0v) is 6.64. The third-order valence-corrected chi connectivity index (χ3v) is 1.91. The number of aldehydes is 1. The van der Waals surface area contributed by atoms with Gasteiger partial charge in [-0.25, -0.2) is 0 Å². The van der Waals surface area contributed by atoms with Gasteiger partial charge in [0.25, 0.3) is 0 Å². The molecule has 0 aliphatic carbocycles. The van der Waals surface area contributed by atoms with Crippen LogP contribution in [0.4, 0.5) is 0 Å². The van der Waals surface area contributed by atoms with Crippen molar-refractivity contribution in [2.45, 2.75) is 20.5 Å². The van der Waals surface area contributed by atoms with Gasteiger partial charge in [-0.2, -0.15) is 0 Å². The Bertz CT molecular complexity index is 276. The van der Waals surface area contributed by atoms with Crippen molar-refractivity contribution in [3.05, 3.63) is 22.5 Å². The number of hydrogen-bond donors (Lipinski definition) is 2. The summed E-state index contributed by atoms with van der Waals surface area (Å²) in [5.74, 6) is 0. The molecule has 0 atom stereocenters. The number of aliphatic hydroxyl groups is 1. The number of rotatable bonds is 2. The van der Waals surface area contributed by atoms with Gasteiger partial charge in [-0.05, 0) is 19.4 Å². The van der Waals surface area contributed by atoms with Gasteiger partial charge in [0.2, 0.25) is 0 Å². The van der Waals surface area contributed by atoms with Crippen LogP contribution in [-0.4, -0.2) is 16.4 Å². The fraction of sp³-hybridized carbons (Fsp3) is 0.375. The normalized spacial score (nSPS) is 10.1. The molecule has 60 valence electrons. The largest absolute Gasteiger partial charge is 0.392 e. The summed E-state index contributed by atoms with van der Waals surface area (Å²) < 4.78 is 0. The van der Waals surface area contributed by atoms with Crippen LogP contribution >= 0.6 is 0 Å². The van der Waals surface area contributed by atoms with Gasteiger partial charge in [-0.15, -0.1) is 0 Å². The first kappa shape index (κ1) is 8.01. The average Bonchev–Trinajstić information content (AvgIpc) is 2.26. The van der Waals surface area contributed by atoms with Gasteiger partial charge < -0.3 is 10.1 Å². The van der Waals surface area contributed by atoms with E-state index in [0.717, 1.165) is 23.1 Å². The molecule has 0 fully saturated rings. The molecule has 3 heteroatoms. The standard InChI is InChI=1S/C8H11NO2/c1-5-7(3-10)6(2)9-8(5)4-11/h4,9-10H,3H2,1-2H3. The summed E-state index contributed by atoms with van der Waals surface area (Å²) >= 11 is 0. The SMILES string of the molecule is Cc1[nH]c(C=O)c(C)c1CO. The molecule has 2 N–H and O–H groups in total. The zero-order chi connectivity index (χ0) is 8.43. The topological polar surface area (TPSA) is 53.1 Å². The second-order valence-corrected chi connectivity index (χ2v) is 2.54. The quantitative estimate of drug-likeness (QED) is 0.621. The molecule has 0 unspecified atom stereocenters. The van der Waals surface area contributed by atoms with Crippen molar-refractivity contribution in [2.75, 3.05) is 0 Å². The van der Waals surface area contributed by atoms with Gasteiger partial charge in [0.05, 0.1) is 12.3 Å². The van der Waals surface area contributed by atoms with Crippen molar-refractivity contribution >= 4 is 6.29 Å². The number of aromatic nitrogens is 1. The van der Waals surface area contributed by atoms with Gasteiger partial charge in [-0.1, -0.05) is 0 Å². The number of aliphatic hydroxyl groups excluding tert-OH is 1. The molecule has 11 heavy (non-hydrogen) atoms. The van der Waals surface area contributed by atoms with E-state index in [9.17, 15) is 4.79 Å². The highest BCUT2D eigenvalue weighted by Gasteiger charge is 2.08. The van der Waals surface area contributed by atoms with Crippen LogP contribution in [0.15, 0.2) is 0 Å². The molecular formula is C8H11NO2. The highest BCUT2D eigenvalue weighted by molar-refractivity contribution is 5.75. The molecule has 0 radical (unpaired) electrons. The van der Waals surface area contributed by atoms with E-state index in [2.05, 4.69) is 4.98 Å². The summed E-state index contributed by atoms with van der Waals surface area (Å²) in [4.78, 5) is 13.3. The third-order valence-electron chi connectivity index (χ3n) is 1.91. The lowest BCUT2D eigenvalue weighted by Gasteiger charge is -1.93. The number of carbonyl (C=O) groups is 1. The van der Waals surface area contributed by atoms with Crippen molar-refractivity contribution in [1.82, 2.24) is 4.98 Å². The summed E-state index contributed by atoms with van der Waals surface area (Å²) in [6.45, 7) is 3.65. The van der Waals surface area contributed by atoms with E-state index in [4.69, 9.17) is 5.11 Å². The number of carbonyl (C=O) groups excluding carboxylic acids is 1. The highest BCUT2D eigenvalue weighted by atomic mass is 16.3. The Balaban J connectivity index is 3.24. The van der Waals surface area contributed by atoms with Crippen LogP contribution in [-0.2, 0) is 6.61 Å². The minimum absolute atomic E-state index is 0.0119. The van der Waals surface area contributed by atoms with Gasteiger partial charge in [0.15, 0.2) is 6.29 Å². The number of hydrogen-bond acceptors (Lipinski definition) is 2. The summed E-state index contributed by atoms with van der Waals surface area (Å²) in [7, 11) is 0. The predicted molar refractivity (Wildman–Crippen MR) is 41.6 cm³/mol. The first-order valence-electron chi connectivity index (χ1n) is 3.44. The third kappa shape index (κ3) is 1.19. The minimum Gasteiger partial charge on any atom is -0.392 e. The Morgan fingerprint density at radius 2 is 2.18 bits per heavy atom. The Labute approximate surface area is 65.1 Å². The van der Waals surface area contributed by atoms with Crippen molar-refractivity contribution in [1.29, 1.82) is 0 Å². The molecule has 0 bridgehead atoms. The molecule has 0 aromatic carbocycles. The van der Waals surface area contributed by atoms with Crippen molar-refractivity contribution < 1.29 is 9.90 Å². The monoisotopic (exact) mass is 153 g/mol. The van der Waals surface area contributed by atoms with E-state index < -0.39 is 0 Å². The van der Waals surface area contributed by atoms with Gasteiger partial charge in [0.1, 0.15) is 0 Å². The predicted octanol–water partition coefficient (Wildman–Crippen LogP) is 0.936.